The van der Waals surface area contributed by atoms with Crippen molar-refractivity contribution >= 4 is 73.5 Å². The summed E-state index contributed by atoms with van der Waals surface area (Å²) in [5.41, 5.74) is 0. The quantitative estimate of drug-likeness (QED) is 0.169. The minimum atomic E-state index is -4.22. The van der Waals surface area contributed by atoms with Crippen molar-refractivity contribution in [1.29, 1.82) is 0 Å². The van der Waals surface area contributed by atoms with Gasteiger partial charge in [0.25, 0.3) is 0 Å². The summed E-state index contributed by atoms with van der Waals surface area (Å²) in [6, 6.07) is 8.54. The standard InChI is InChI=1S/C18H20Cl3O5PS3/c1-4-25-27(22,28-11-12(2)3)29-14-7-5-13(6-8-14)26-30(23,24)18-10-16(20)15(19)9-17(18)21/h5-10,12H,4,11H2,1-3H3. The highest BCUT2D eigenvalue weighted by atomic mass is 35.5. The molecular weight excluding hydrogens is 530 g/mol. The molecule has 1 unspecified atom stereocenters. The average Bonchev–Trinajstić information content (AvgIpc) is 2.64. The van der Waals surface area contributed by atoms with Crippen molar-refractivity contribution in [2.75, 3.05) is 12.4 Å². The van der Waals surface area contributed by atoms with Crippen LogP contribution in [-0.4, -0.2) is 20.8 Å². The van der Waals surface area contributed by atoms with E-state index in [0.717, 1.165) is 17.4 Å². The fraction of sp³-hybridized carbons (Fsp3) is 0.333. The molecule has 0 saturated heterocycles. The Labute approximate surface area is 200 Å². The van der Waals surface area contributed by atoms with Gasteiger partial charge in [-0.3, -0.25) is 4.57 Å². The molecule has 0 aromatic heterocycles. The fourth-order valence-corrected chi connectivity index (χ4v) is 11.0. The van der Waals surface area contributed by atoms with Crippen molar-refractivity contribution in [3.8, 4) is 5.75 Å². The van der Waals surface area contributed by atoms with Crippen molar-refractivity contribution in [3.63, 3.8) is 0 Å². The normalized spacial score (nSPS) is 14.0. The van der Waals surface area contributed by atoms with Gasteiger partial charge in [-0.2, -0.15) is 8.42 Å². The zero-order chi connectivity index (χ0) is 22.5. The van der Waals surface area contributed by atoms with E-state index in [1.54, 1.807) is 19.1 Å². The van der Waals surface area contributed by atoms with Gasteiger partial charge in [0.15, 0.2) is 0 Å². The summed E-state index contributed by atoms with van der Waals surface area (Å²) in [7, 11) is -4.22. The van der Waals surface area contributed by atoms with E-state index in [2.05, 4.69) is 0 Å². The summed E-state index contributed by atoms with van der Waals surface area (Å²) >= 11 is 20.1. The van der Waals surface area contributed by atoms with Gasteiger partial charge in [0.05, 0.1) is 21.7 Å². The molecular formula is C18H20Cl3O5PS3. The Morgan fingerprint density at radius 3 is 2.20 bits per heavy atom. The molecule has 0 fully saturated rings. The molecule has 2 aromatic carbocycles. The van der Waals surface area contributed by atoms with Crippen LogP contribution in [0.4, 0.5) is 0 Å². The zero-order valence-electron chi connectivity index (χ0n) is 16.3. The van der Waals surface area contributed by atoms with Crippen LogP contribution in [0.2, 0.25) is 15.1 Å². The number of rotatable bonds is 10. The van der Waals surface area contributed by atoms with Crippen molar-refractivity contribution in [1.82, 2.24) is 0 Å². The van der Waals surface area contributed by atoms with Gasteiger partial charge in [0.1, 0.15) is 10.6 Å². The molecule has 0 heterocycles. The topological polar surface area (TPSA) is 69.7 Å². The second-order valence-corrected chi connectivity index (χ2v) is 16.4. The third-order valence-electron chi connectivity index (χ3n) is 3.34. The van der Waals surface area contributed by atoms with Crippen molar-refractivity contribution < 1.29 is 21.7 Å². The first-order valence-corrected chi connectivity index (χ1v) is 15.9. The average molecular weight is 550 g/mol. The molecule has 0 aliphatic carbocycles. The Kier molecular flexibility index (Phi) is 9.78. The lowest BCUT2D eigenvalue weighted by molar-refractivity contribution is 0.357. The number of hydrogen-bond acceptors (Lipinski definition) is 7. The third kappa shape index (κ3) is 7.52. The van der Waals surface area contributed by atoms with E-state index in [1.165, 1.54) is 29.6 Å². The Hall–Kier alpha value is -0.0500. The van der Waals surface area contributed by atoms with E-state index in [9.17, 15) is 13.0 Å². The number of hydrogen-bond donors (Lipinski definition) is 0. The largest absolute Gasteiger partial charge is 0.379 e. The van der Waals surface area contributed by atoms with Gasteiger partial charge in [-0.1, -0.05) is 60.0 Å². The first-order valence-electron chi connectivity index (χ1n) is 8.73. The first kappa shape index (κ1) is 26.2. The van der Waals surface area contributed by atoms with Crippen LogP contribution in [-0.2, 0) is 19.2 Å². The maximum Gasteiger partial charge on any atom is 0.340 e. The van der Waals surface area contributed by atoms with E-state index in [4.69, 9.17) is 43.5 Å². The van der Waals surface area contributed by atoms with Crippen LogP contribution < -0.4 is 4.18 Å². The van der Waals surface area contributed by atoms with Crippen LogP contribution in [0.1, 0.15) is 20.8 Å². The van der Waals surface area contributed by atoms with Gasteiger partial charge in [-0.15, -0.1) is 0 Å². The van der Waals surface area contributed by atoms with E-state index in [1.807, 2.05) is 13.8 Å². The molecule has 2 aromatic rings. The van der Waals surface area contributed by atoms with Crippen LogP contribution in [0.3, 0.4) is 0 Å². The molecule has 0 spiro atoms. The summed E-state index contributed by atoms with van der Waals surface area (Å²) < 4.78 is 48.8. The van der Waals surface area contributed by atoms with Gasteiger partial charge < -0.3 is 8.71 Å². The number of halogens is 3. The van der Waals surface area contributed by atoms with Gasteiger partial charge in [0.2, 0.25) is 0 Å². The molecule has 0 amide bonds. The lowest BCUT2D eigenvalue weighted by Crippen LogP contribution is -2.10. The van der Waals surface area contributed by atoms with Crippen LogP contribution in [0.5, 0.6) is 5.75 Å². The Balaban J connectivity index is 2.17. The maximum absolute atomic E-state index is 13.0. The Morgan fingerprint density at radius 2 is 1.63 bits per heavy atom. The molecule has 0 radical (unpaired) electrons. The third-order valence-corrected chi connectivity index (χ3v) is 13.1. The molecule has 0 saturated carbocycles. The van der Waals surface area contributed by atoms with E-state index in [-0.39, 0.29) is 25.7 Å². The molecule has 1 atom stereocenters. The molecule has 30 heavy (non-hydrogen) atoms. The highest BCUT2D eigenvalue weighted by Crippen LogP contribution is 2.72. The first-order chi connectivity index (χ1) is 14.0. The predicted molar refractivity (Wildman–Crippen MR) is 128 cm³/mol. The lowest BCUT2D eigenvalue weighted by Gasteiger charge is -2.17. The van der Waals surface area contributed by atoms with E-state index >= 15 is 0 Å². The molecule has 2 rings (SSSR count). The highest BCUT2D eigenvalue weighted by Gasteiger charge is 2.26. The molecule has 5 nitrogen and oxygen atoms in total. The van der Waals surface area contributed by atoms with Crippen molar-refractivity contribution in [2.45, 2.75) is 30.6 Å². The smallest absolute Gasteiger partial charge is 0.340 e. The summed E-state index contributed by atoms with van der Waals surface area (Å²) in [5, 5.41) is 0.0769. The molecule has 12 heteroatoms. The van der Waals surface area contributed by atoms with Crippen molar-refractivity contribution in [3.05, 3.63) is 51.5 Å². The van der Waals surface area contributed by atoms with Crippen LogP contribution in [0.15, 0.2) is 46.2 Å². The molecule has 166 valence electrons. The summed E-state index contributed by atoms with van der Waals surface area (Å²) in [4.78, 5) is 0.378. The second kappa shape index (κ2) is 11.2. The molecule has 0 bridgehead atoms. The Morgan fingerprint density at radius 1 is 1.03 bits per heavy atom. The maximum atomic E-state index is 13.0. The SMILES string of the molecule is CCOP(=O)(SCC(C)C)Sc1ccc(OS(=O)(=O)c2cc(Cl)c(Cl)cc2Cl)cc1. The van der Waals surface area contributed by atoms with E-state index < -0.39 is 15.9 Å². The molecule has 0 N–H and O–H groups in total. The molecule has 0 aliphatic rings. The van der Waals surface area contributed by atoms with Crippen LogP contribution in [0, 0.1) is 5.92 Å². The van der Waals surface area contributed by atoms with Gasteiger partial charge in [-0.05, 0) is 60.6 Å². The Bertz CT molecular complexity index is 1030. The van der Waals surface area contributed by atoms with Crippen LogP contribution in [0.25, 0.3) is 0 Å². The highest BCUT2D eigenvalue weighted by molar-refractivity contribution is 8.89. The van der Waals surface area contributed by atoms with E-state index in [0.29, 0.717) is 23.2 Å². The van der Waals surface area contributed by atoms with Gasteiger partial charge in [0, 0.05) is 10.6 Å². The second-order valence-electron chi connectivity index (χ2n) is 6.35. The van der Waals surface area contributed by atoms with Gasteiger partial charge >= 0.3 is 15.9 Å². The zero-order valence-corrected chi connectivity index (χ0v) is 21.9. The number of benzene rings is 2. The fourth-order valence-electron chi connectivity index (χ4n) is 2.04. The monoisotopic (exact) mass is 548 g/mol. The summed E-state index contributed by atoms with van der Waals surface area (Å²) in [6.07, 6.45) is 0. The minimum Gasteiger partial charge on any atom is -0.379 e. The van der Waals surface area contributed by atoms with Crippen molar-refractivity contribution in [2.24, 2.45) is 5.92 Å². The molecule has 0 aliphatic heterocycles. The van der Waals surface area contributed by atoms with Gasteiger partial charge in [-0.25, -0.2) is 0 Å². The summed E-state index contributed by atoms with van der Waals surface area (Å²) in [6.45, 7) is 6.21. The lowest BCUT2D eigenvalue weighted by atomic mass is 10.3. The minimum absolute atomic E-state index is 0.0422. The summed E-state index contributed by atoms with van der Waals surface area (Å²) in [5.74, 6) is -1.84. The predicted octanol–water partition coefficient (Wildman–Crippen LogP) is 8.04. The van der Waals surface area contributed by atoms with Crippen LogP contribution >= 0.6 is 63.3 Å².